The van der Waals surface area contributed by atoms with Crippen LogP contribution in [0.15, 0.2) is 72.8 Å². The third-order valence-electron chi connectivity index (χ3n) is 4.31. The Morgan fingerprint density at radius 3 is 2.43 bits per heavy atom. The molecule has 0 amide bonds. The molecule has 0 aliphatic heterocycles. The van der Waals surface area contributed by atoms with E-state index in [4.69, 9.17) is 0 Å². The van der Waals surface area contributed by atoms with Crippen molar-refractivity contribution < 1.29 is 4.39 Å². The first-order chi connectivity index (χ1) is 10.3. The highest BCUT2D eigenvalue weighted by Gasteiger charge is 2.24. The van der Waals surface area contributed by atoms with E-state index in [0.29, 0.717) is 0 Å². The molecule has 0 aromatic heterocycles. The van der Waals surface area contributed by atoms with Crippen LogP contribution in [0.3, 0.4) is 0 Å². The van der Waals surface area contributed by atoms with Crippen molar-refractivity contribution in [1.82, 2.24) is 0 Å². The van der Waals surface area contributed by atoms with Gasteiger partial charge < -0.3 is 0 Å². The summed E-state index contributed by atoms with van der Waals surface area (Å²) in [6.07, 6.45) is 2.44. The second-order valence-corrected chi connectivity index (χ2v) is 5.50. The van der Waals surface area contributed by atoms with Crippen LogP contribution in [-0.2, 0) is 0 Å². The monoisotopic (exact) mass is 274 g/mol. The van der Waals surface area contributed by atoms with Gasteiger partial charge >= 0.3 is 0 Å². The van der Waals surface area contributed by atoms with Gasteiger partial charge in [-0.3, -0.25) is 0 Å². The predicted molar refractivity (Wildman–Crippen MR) is 85.9 cm³/mol. The lowest BCUT2D eigenvalue weighted by Gasteiger charge is -2.25. The second kappa shape index (κ2) is 4.85. The summed E-state index contributed by atoms with van der Waals surface area (Å²) in [6, 6.07) is 22.6. The molecule has 0 saturated carbocycles. The molecule has 3 aromatic carbocycles. The topological polar surface area (TPSA) is 0 Å². The lowest BCUT2D eigenvalue weighted by atomic mass is 9.79. The number of rotatable bonds is 1. The molecule has 21 heavy (non-hydrogen) atoms. The quantitative estimate of drug-likeness (QED) is 0.535. The van der Waals surface area contributed by atoms with Gasteiger partial charge in [-0.05, 0) is 34.4 Å². The van der Waals surface area contributed by atoms with Gasteiger partial charge in [-0.2, -0.15) is 0 Å². The third-order valence-corrected chi connectivity index (χ3v) is 4.31. The van der Waals surface area contributed by atoms with Crippen LogP contribution in [0, 0.1) is 0 Å². The van der Waals surface area contributed by atoms with Crippen molar-refractivity contribution >= 4 is 16.6 Å². The van der Waals surface area contributed by atoms with Crippen molar-refractivity contribution in [2.24, 2.45) is 0 Å². The molecule has 3 aromatic rings. The molecule has 0 spiro atoms. The Morgan fingerprint density at radius 2 is 1.57 bits per heavy atom. The normalized spacial score (nSPS) is 17.4. The second-order valence-electron chi connectivity index (χ2n) is 5.50. The summed E-state index contributed by atoms with van der Waals surface area (Å²) in [4.78, 5) is 0. The van der Waals surface area contributed by atoms with Crippen molar-refractivity contribution in [2.45, 2.75) is 12.3 Å². The molecule has 0 heterocycles. The summed E-state index contributed by atoms with van der Waals surface area (Å²) in [7, 11) is 0. The molecule has 0 saturated heterocycles. The average molecular weight is 274 g/mol. The van der Waals surface area contributed by atoms with Crippen LogP contribution < -0.4 is 0 Å². The zero-order chi connectivity index (χ0) is 14.2. The fourth-order valence-electron chi connectivity index (χ4n) is 3.32. The Kier molecular flexibility index (Phi) is 2.85. The fraction of sp³-hybridized carbons (Fsp3) is 0.100. The number of allylic oxidation sites excluding steroid dienone is 1. The van der Waals surface area contributed by atoms with E-state index in [1.807, 2.05) is 30.3 Å². The molecule has 0 N–H and O–H groups in total. The van der Waals surface area contributed by atoms with Gasteiger partial charge in [0, 0.05) is 11.5 Å². The molecule has 1 aliphatic carbocycles. The van der Waals surface area contributed by atoms with Crippen molar-refractivity contribution in [3.05, 3.63) is 89.5 Å². The molecule has 0 radical (unpaired) electrons. The van der Waals surface area contributed by atoms with Gasteiger partial charge in [-0.25, -0.2) is 4.39 Å². The summed E-state index contributed by atoms with van der Waals surface area (Å²) >= 11 is 0. The van der Waals surface area contributed by atoms with Gasteiger partial charge in [-0.1, -0.05) is 66.7 Å². The Labute approximate surface area is 123 Å². The highest BCUT2D eigenvalue weighted by Crippen LogP contribution is 2.42. The van der Waals surface area contributed by atoms with Crippen LogP contribution in [0.2, 0.25) is 0 Å². The maximum absolute atomic E-state index is 14.3. The molecule has 1 atom stereocenters. The largest absolute Gasteiger partial charge is 0.207 e. The zero-order valence-electron chi connectivity index (χ0n) is 11.6. The van der Waals surface area contributed by atoms with Crippen molar-refractivity contribution in [2.75, 3.05) is 0 Å². The van der Waals surface area contributed by atoms with Crippen molar-refractivity contribution in [1.29, 1.82) is 0 Å². The predicted octanol–water partition coefficient (Wildman–Crippen LogP) is 5.69. The fourth-order valence-corrected chi connectivity index (χ4v) is 3.32. The smallest absolute Gasteiger partial charge is 0.126 e. The minimum atomic E-state index is -0.0945. The van der Waals surface area contributed by atoms with Crippen LogP contribution in [0.1, 0.15) is 29.0 Å². The molecule has 4 rings (SSSR count). The molecular weight excluding hydrogens is 259 g/mol. The minimum absolute atomic E-state index is 0.0945. The SMILES string of the molecule is FC1=CCC(c2ccccc2)c2c1ccc1ccccc21. The molecule has 1 heteroatoms. The van der Waals surface area contributed by atoms with E-state index >= 15 is 0 Å². The molecular formula is C20H15F. The van der Waals surface area contributed by atoms with Gasteiger partial charge in [0.05, 0.1) is 0 Å². The first-order valence-corrected chi connectivity index (χ1v) is 7.27. The summed E-state index contributed by atoms with van der Waals surface area (Å²) in [5.74, 6) is 0.134. The Hall–Kier alpha value is -2.41. The number of benzene rings is 3. The molecule has 1 unspecified atom stereocenters. The van der Waals surface area contributed by atoms with E-state index < -0.39 is 0 Å². The lowest BCUT2D eigenvalue weighted by molar-refractivity contribution is 0.718. The van der Waals surface area contributed by atoms with Gasteiger partial charge in [0.15, 0.2) is 0 Å². The first kappa shape index (κ1) is 12.3. The first-order valence-electron chi connectivity index (χ1n) is 7.27. The molecule has 0 nitrogen and oxygen atoms in total. The van der Waals surface area contributed by atoms with Crippen LogP contribution in [0.4, 0.5) is 4.39 Å². The minimum Gasteiger partial charge on any atom is -0.207 e. The average Bonchev–Trinajstić information content (AvgIpc) is 2.56. The van der Waals surface area contributed by atoms with Gasteiger partial charge in [0.25, 0.3) is 0 Å². The lowest BCUT2D eigenvalue weighted by Crippen LogP contribution is -2.08. The van der Waals surface area contributed by atoms with Gasteiger partial charge in [0.2, 0.25) is 0 Å². The zero-order valence-corrected chi connectivity index (χ0v) is 11.6. The van der Waals surface area contributed by atoms with E-state index in [0.717, 1.165) is 22.9 Å². The van der Waals surface area contributed by atoms with Crippen molar-refractivity contribution in [3.63, 3.8) is 0 Å². The van der Waals surface area contributed by atoms with Gasteiger partial charge in [-0.15, -0.1) is 0 Å². The Bertz CT molecular complexity index is 831. The van der Waals surface area contributed by atoms with E-state index in [1.165, 1.54) is 10.9 Å². The van der Waals surface area contributed by atoms with E-state index in [-0.39, 0.29) is 11.7 Å². The van der Waals surface area contributed by atoms with Crippen LogP contribution in [0.5, 0.6) is 0 Å². The van der Waals surface area contributed by atoms with E-state index in [2.05, 4.69) is 36.4 Å². The van der Waals surface area contributed by atoms with E-state index in [9.17, 15) is 4.39 Å². The third kappa shape index (κ3) is 1.97. The highest BCUT2D eigenvalue weighted by atomic mass is 19.1. The molecule has 0 bridgehead atoms. The van der Waals surface area contributed by atoms with Crippen molar-refractivity contribution in [3.8, 4) is 0 Å². The standard InChI is InChI=1S/C20H15F/c21-19-13-12-17(14-6-2-1-3-7-14)20-16-9-5-4-8-15(16)10-11-18(19)20/h1-11,13,17H,12H2. The van der Waals surface area contributed by atoms with Crippen LogP contribution in [0.25, 0.3) is 16.6 Å². The summed E-state index contributed by atoms with van der Waals surface area (Å²) in [6.45, 7) is 0. The van der Waals surface area contributed by atoms with Gasteiger partial charge in [0.1, 0.15) is 5.83 Å². The number of hydrogen-bond acceptors (Lipinski definition) is 0. The summed E-state index contributed by atoms with van der Waals surface area (Å²) in [5.41, 5.74) is 3.12. The molecule has 1 aliphatic rings. The Morgan fingerprint density at radius 1 is 0.810 bits per heavy atom. The molecule has 102 valence electrons. The highest BCUT2D eigenvalue weighted by molar-refractivity contribution is 5.91. The Balaban J connectivity index is 2.02. The van der Waals surface area contributed by atoms with Crippen LogP contribution in [-0.4, -0.2) is 0 Å². The number of halogens is 1. The summed E-state index contributed by atoms with van der Waals surface area (Å²) < 4.78 is 14.3. The number of hydrogen-bond donors (Lipinski definition) is 0. The summed E-state index contributed by atoms with van der Waals surface area (Å²) in [5, 5.41) is 2.33. The van der Waals surface area contributed by atoms with E-state index in [1.54, 1.807) is 6.08 Å². The number of fused-ring (bicyclic) bond motifs is 3. The maximum atomic E-state index is 14.3. The molecule has 0 fully saturated rings. The maximum Gasteiger partial charge on any atom is 0.126 e. The van der Waals surface area contributed by atoms with Crippen LogP contribution >= 0.6 is 0 Å².